The van der Waals surface area contributed by atoms with Crippen LogP contribution in [0.2, 0.25) is 10.0 Å². The molecule has 0 aliphatic rings. The summed E-state index contributed by atoms with van der Waals surface area (Å²) < 4.78 is 1.09. The number of hydrogen-bond acceptors (Lipinski definition) is 1. The van der Waals surface area contributed by atoms with Gasteiger partial charge in [-0.3, -0.25) is 0 Å². The summed E-state index contributed by atoms with van der Waals surface area (Å²) >= 11 is 15.8. The van der Waals surface area contributed by atoms with Crippen molar-refractivity contribution in [3.8, 4) is 0 Å². The van der Waals surface area contributed by atoms with Crippen molar-refractivity contribution in [2.24, 2.45) is 0 Å². The zero-order valence-electron chi connectivity index (χ0n) is 10.5. The Morgan fingerprint density at radius 2 is 1.89 bits per heavy atom. The molecule has 0 saturated carbocycles. The predicted molar refractivity (Wildman–Crippen MR) is 86.1 cm³/mol. The minimum atomic E-state index is 0.187. The van der Waals surface area contributed by atoms with Crippen molar-refractivity contribution in [3.05, 3.63) is 68.1 Å². The number of likely N-dealkylation sites (N-methyl/N-ethyl adjacent to an activating group) is 1. The molecular weight excluding hydrogens is 345 g/mol. The average Bonchev–Trinajstić information content (AvgIpc) is 2.41. The van der Waals surface area contributed by atoms with Gasteiger partial charge >= 0.3 is 0 Å². The maximum atomic E-state index is 6.23. The third-order valence-electron chi connectivity index (χ3n) is 3.06. The monoisotopic (exact) mass is 357 g/mol. The van der Waals surface area contributed by atoms with E-state index in [4.69, 9.17) is 23.2 Å². The first-order valence-electron chi connectivity index (χ1n) is 5.97. The van der Waals surface area contributed by atoms with E-state index >= 15 is 0 Å². The zero-order chi connectivity index (χ0) is 13.8. The molecule has 1 atom stereocenters. The van der Waals surface area contributed by atoms with Crippen LogP contribution in [0.15, 0.2) is 46.9 Å². The third kappa shape index (κ3) is 3.73. The van der Waals surface area contributed by atoms with Crippen LogP contribution in [-0.4, -0.2) is 7.05 Å². The summed E-state index contributed by atoms with van der Waals surface area (Å²) in [6.45, 7) is 0. The van der Waals surface area contributed by atoms with E-state index in [-0.39, 0.29) is 6.04 Å². The molecule has 0 aliphatic heterocycles. The van der Waals surface area contributed by atoms with Gasteiger partial charge in [-0.15, -0.1) is 0 Å². The third-order valence-corrected chi connectivity index (χ3v) is 4.39. The van der Waals surface area contributed by atoms with Gasteiger partial charge in [0.2, 0.25) is 0 Å². The number of benzene rings is 2. The molecule has 1 unspecified atom stereocenters. The van der Waals surface area contributed by atoms with E-state index in [1.165, 1.54) is 5.56 Å². The summed E-state index contributed by atoms with van der Waals surface area (Å²) in [6, 6.07) is 13.9. The van der Waals surface area contributed by atoms with Crippen molar-refractivity contribution in [2.45, 2.75) is 12.5 Å². The highest BCUT2D eigenvalue weighted by molar-refractivity contribution is 9.10. The lowest BCUT2D eigenvalue weighted by molar-refractivity contribution is 0.590. The van der Waals surface area contributed by atoms with E-state index in [1.54, 1.807) is 6.07 Å². The SMILES string of the molecule is CNC(Cc1cc(Cl)ccc1Cl)c1ccccc1Br. The van der Waals surface area contributed by atoms with Crippen molar-refractivity contribution in [3.63, 3.8) is 0 Å². The Balaban J connectivity index is 2.29. The van der Waals surface area contributed by atoms with Crippen LogP contribution in [0.1, 0.15) is 17.2 Å². The molecular formula is C15H14BrCl2N. The summed E-state index contributed by atoms with van der Waals surface area (Å²) in [6.07, 6.45) is 0.790. The van der Waals surface area contributed by atoms with Gasteiger partial charge in [0.15, 0.2) is 0 Å². The van der Waals surface area contributed by atoms with Crippen molar-refractivity contribution in [1.29, 1.82) is 0 Å². The molecule has 1 nitrogen and oxygen atoms in total. The largest absolute Gasteiger partial charge is 0.313 e. The van der Waals surface area contributed by atoms with Crippen LogP contribution >= 0.6 is 39.1 Å². The molecule has 19 heavy (non-hydrogen) atoms. The van der Waals surface area contributed by atoms with Gasteiger partial charge in [0, 0.05) is 20.6 Å². The molecule has 2 aromatic rings. The second kappa shape index (κ2) is 6.76. The predicted octanol–water partition coefficient (Wildman–Crippen LogP) is 5.26. The van der Waals surface area contributed by atoms with Gasteiger partial charge < -0.3 is 5.32 Å². The molecule has 2 aromatic carbocycles. The van der Waals surface area contributed by atoms with Crippen molar-refractivity contribution >= 4 is 39.1 Å². The number of halogens is 3. The van der Waals surface area contributed by atoms with Crippen LogP contribution in [0, 0.1) is 0 Å². The Labute approximate surface area is 132 Å². The highest BCUT2D eigenvalue weighted by Crippen LogP contribution is 2.29. The van der Waals surface area contributed by atoms with Crippen molar-refractivity contribution in [1.82, 2.24) is 5.32 Å². The average molecular weight is 359 g/mol. The minimum Gasteiger partial charge on any atom is -0.313 e. The van der Waals surface area contributed by atoms with Crippen molar-refractivity contribution in [2.75, 3.05) is 7.05 Å². The Morgan fingerprint density at radius 1 is 1.16 bits per heavy atom. The normalized spacial score (nSPS) is 12.4. The van der Waals surface area contributed by atoms with Crippen LogP contribution in [0.25, 0.3) is 0 Å². The number of rotatable bonds is 4. The Bertz CT molecular complexity index is 572. The van der Waals surface area contributed by atoms with Crippen LogP contribution in [-0.2, 0) is 6.42 Å². The first-order chi connectivity index (χ1) is 9.11. The Morgan fingerprint density at radius 3 is 2.58 bits per heavy atom. The topological polar surface area (TPSA) is 12.0 Å². The molecule has 0 aromatic heterocycles. The quantitative estimate of drug-likeness (QED) is 0.786. The van der Waals surface area contributed by atoms with E-state index < -0.39 is 0 Å². The summed E-state index contributed by atoms with van der Waals surface area (Å²) in [4.78, 5) is 0. The molecule has 0 aliphatic carbocycles. The van der Waals surface area contributed by atoms with Crippen LogP contribution in [0.3, 0.4) is 0 Å². The molecule has 0 bridgehead atoms. The van der Waals surface area contributed by atoms with Gasteiger partial charge in [0.25, 0.3) is 0 Å². The zero-order valence-corrected chi connectivity index (χ0v) is 13.6. The fraction of sp³-hybridized carbons (Fsp3) is 0.200. The standard InChI is InChI=1S/C15H14BrCl2N/c1-19-15(12-4-2-3-5-13(12)16)9-10-8-11(17)6-7-14(10)18/h2-8,15,19H,9H2,1H3. The van der Waals surface area contributed by atoms with Crippen LogP contribution in [0.5, 0.6) is 0 Å². The van der Waals surface area contributed by atoms with E-state index in [9.17, 15) is 0 Å². The summed E-state index contributed by atoms with van der Waals surface area (Å²) in [5.74, 6) is 0. The number of hydrogen-bond donors (Lipinski definition) is 1. The van der Waals surface area contributed by atoms with Crippen molar-refractivity contribution < 1.29 is 0 Å². The first kappa shape index (κ1) is 14.9. The lowest BCUT2D eigenvalue weighted by atomic mass is 9.99. The highest BCUT2D eigenvalue weighted by Gasteiger charge is 2.14. The van der Waals surface area contributed by atoms with Crippen LogP contribution in [0.4, 0.5) is 0 Å². The Kier molecular flexibility index (Phi) is 5.28. The fourth-order valence-corrected chi connectivity index (χ4v) is 3.00. The fourth-order valence-electron chi connectivity index (χ4n) is 2.04. The smallest absolute Gasteiger partial charge is 0.0439 e. The van der Waals surface area contributed by atoms with E-state index in [1.807, 2.05) is 37.4 Å². The summed E-state index contributed by atoms with van der Waals surface area (Å²) in [7, 11) is 1.95. The minimum absolute atomic E-state index is 0.187. The van der Waals surface area contributed by atoms with Gasteiger partial charge in [-0.2, -0.15) is 0 Å². The van der Waals surface area contributed by atoms with Gasteiger partial charge in [0.1, 0.15) is 0 Å². The molecule has 0 fully saturated rings. The van der Waals surface area contributed by atoms with Gasteiger partial charge in [0.05, 0.1) is 0 Å². The molecule has 100 valence electrons. The van der Waals surface area contributed by atoms with E-state index in [0.29, 0.717) is 5.02 Å². The molecule has 2 rings (SSSR count). The maximum Gasteiger partial charge on any atom is 0.0439 e. The molecule has 1 N–H and O–H groups in total. The molecule has 0 saturated heterocycles. The molecule has 0 radical (unpaired) electrons. The second-order valence-electron chi connectivity index (χ2n) is 4.30. The lowest BCUT2D eigenvalue weighted by Crippen LogP contribution is -2.19. The summed E-state index contributed by atoms with van der Waals surface area (Å²) in [5, 5.41) is 4.78. The highest BCUT2D eigenvalue weighted by atomic mass is 79.9. The Hall–Kier alpha value is -0.540. The van der Waals surface area contributed by atoms with Gasteiger partial charge in [-0.1, -0.05) is 57.3 Å². The molecule has 0 heterocycles. The van der Waals surface area contributed by atoms with Crippen LogP contribution < -0.4 is 5.32 Å². The number of nitrogens with one attached hydrogen (secondary N) is 1. The van der Waals surface area contributed by atoms with Gasteiger partial charge in [-0.05, 0) is 48.9 Å². The maximum absolute atomic E-state index is 6.23. The van der Waals surface area contributed by atoms with Gasteiger partial charge in [-0.25, -0.2) is 0 Å². The lowest BCUT2D eigenvalue weighted by Gasteiger charge is -2.19. The van der Waals surface area contributed by atoms with E-state index in [2.05, 4.69) is 27.3 Å². The molecule has 4 heteroatoms. The molecule has 0 amide bonds. The second-order valence-corrected chi connectivity index (χ2v) is 6.00. The first-order valence-corrected chi connectivity index (χ1v) is 7.52. The van der Waals surface area contributed by atoms with E-state index in [0.717, 1.165) is 21.5 Å². The molecule has 0 spiro atoms. The summed E-state index contributed by atoms with van der Waals surface area (Å²) in [5.41, 5.74) is 2.25.